The lowest BCUT2D eigenvalue weighted by Gasteiger charge is -2.07. The molecule has 3 rings (SSSR count). The quantitative estimate of drug-likeness (QED) is 0.707. The summed E-state index contributed by atoms with van der Waals surface area (Å²) < 4.78 is 11.6. The fraction of sp³-hybridized carbons (Fsp3) is 0.222. The van der Waals surface area contributed by atoms with E-state index in [2.05, 4.69) is 10.3 Å². The van der Waals surface area contributed by atoms with Crippen molar-refractivity contribution in [1.29, 1.82) is 0 Å². The fourth-order valence-electron chi connectivity index (χ4n) is 2.46. The summed E-state index contributed by atoms with van der Waals surface area (Å²) in [7, 11) is 1.56. The van der Waals surface area contributed by atoms with Crippen molar-refractivity contribution >= 4 is 44.2 Å². The van der Waals surface area contributed by atoms with E-state index in [1.165, 1.54) is 11.3 Å². The Labute approximate surface area is 154 Å². The first-order chi connectivity index (χ1) is 11.9. The van der Waals surface area contributed by atoms with Crippen LogP contribution in [0.3, 0.4) is 0 Å². The van der Waals surface area contributed by atoms with Gasteiger partial charge in [0.25, 0.3) is 5.91 Å². The molecule has 130 valence electrons. The molecule has 0 aliphatic heterocycles. The average Bonchev–Trinajstić information content (AvgIpc) is 2.92. The number of nitrogens with zero attached hydrogens (tertiary/aromatic N) is 1. The molecule has 1 amide bonds. The highest BCUT2D eigenvalue weighted by atomic mass is 35.5. The minimum absolute atomic E-state index is 0.0805. The van der Waals surface area contributed by atoms with Gasteiger partial charge >= 0.3 is 0 Å². The number of aromatic nitrogens is 1. The number of carbonyl (C=O) groups excluding carboxylic acids is 1. The zero-order valence-corrected chi connectivity index (χ0v) is 15.6. The zero-order valence-electron chi connectivity index (χ0n) is 14.1. The van der Waals surface area contributed by atoms with Crippen LogP contribution < -0.4 is 14.8 Å². The normalized spacial score (nSPS) is 10.7. The van der Waals surface area contributed by atoms with E-state index in [1.807, 2.05) is 32.0 Å². The van der Waals surface area contributed by atoms with Crippen molar-refractivity contribution in [3.63, 3.8) is 0 Å². The van der Waals surface area contributed by atoms with Crippen molar-refractivity contribution in [2.75, 3.05) is 19.0 Å². The molecular formula is C18H17ClN2O3S. The number of anilines is 1. The Hall–Kier alpha value is -2.31. The molecule has 0 unspecified atom stereocenters. The van der Waals surface area contributed by atoms with E-state index in [-0.39, 0.29) is 12.5 Å². The molecule has 25 heavy (non-hydrogen) atoms. The summed E-state index contributed by atoms with van der Waals surface area (Å²) >= 11 is 7.45. The summed E-state index contributed by atoms with van der Waals surface area (Å²) in [6, 6.07) is 9.36. The van der Waals surface area contributed by atoms with Gasteiger partial charge in [-0.15, -0.1) is 0 Å². The van der Waals surface area contributed by atoms with Gasteiger partial charge in [-0.25, -0.2) is 4.98 Å². The van der Waals surface area contributed by atoms with Crippen molar-refractivity contribution in [1.82, 2.24) is 4.98 Å². The molecule has 0 saturated heterocycles. The molecule has 0 atom stereocenters. The van der Waals surface area contributed by atoms with Gasteiger partial charge in [-0.2, -0.15) is 0 Å². The topological polar surface area (TPSA) is 60.5 Å². The summed E-state index contributed by atoms with van der Waals surface area (Å²) in [5.41, 5.74) is 2.89. The lowest BCUT2D eigenvalue weighted by molar-refractivity contribution is -0.118. The van der Waals surface area contributed by atoms with Gasteiger partial charge in [0, 0.05) is 6.07 Å². The summed E-state index contributed by atoms with van der Waals surface area (Å²) in [5, 5.41) is 3.72. The van der Waals surface area contributed by atoms with E-state index in [0.717, 1.165) is 15.8 Å². The van der Waals surface area contributed by atoms with Crippen LogP contribution in [0.5, 0.6) is 11.5 Å². The second kappa shape index (κ2) is 7.29. The Morgan fingerprint density at radius 1 is 1.20 bits per heavy atom. The number of methoxy groups -OCH3 is 1. The van der Waals surface area contributed by atoms with Crippen LogP contribution in [-0.2, 0) is 4.79 Å². The van der Waals surface area contributed by atoms with Gasteiger partial charge in [0.05, 0.1) is 22.3 Å². The summed E-state index contributed by atoms with van der Waals surface area (Å²) in [5.74, 6) is 0.985. The zero-order chi connectivity index (χ0) is 18.0. The van der Waals surface area contributed by atoms with Crippen LogP contribution in [-0.4, -0.2) is 24.6 Å². The molecule has 1 aromatic heterocycles. The Morgan fingerprint density at radius 3 is 2.60 bits per heavy atom. The van der Waals surface area contributed by atoms with Crippen molar-refractivity contribution in [3.8, 4) is 11.5 Å². The number of amides is 1. The van der Waals surface area contributed by atoms with E-state index in [4.69, 9.17) is 21.1 Å². The first-order valence-corrected chi connectivity index (χ1v) is 8.79. The maximum Gasteiger partial charge on any atom is 0.264 e. The number of ether oxygens (including phenoxy) is 2. The molecule has 0 aliphatic rings. The third kappa shape index (κ3) is 4.21. The first-order valence-electron chi connectivity index (χ1n) is 7.59. The van der Waals surface area contributed by atoms with Crippen LogP contribution in [0.15, 0.2) is 30.3 Å². The molecule has 0 aliphatic carbocycles. The number of hydrogen-bond donors (Lipinski definition) is 1. The lowest BCUT2D eigenvalue weighted by atomic mass is 10.1. The summed E-state index contributed by atoms with van der Waals surface area (Å²) in [4.78, 5) is 16.5. The van der Waals surface area contributed by atoms with E-state index >= 15 is 0 Å². The Kier molecular flexibility index (Phi) is 5.11. The molecule has 0 spiro atoms. The maximum absolute atomic E-state index is 12.1. The number of halogens is 1. The highest BCUT2D eigenvalue weighted by Gasteiger charge is 2.11. The molecule has 0 saturated carbocycles. The van der Waals surface area contributed by atoms with Crippen molar-refractivity contribution in [2.45, 2.75) is 13.8 Å². The van der Waals surface area contributed by atoms with Crippen LogP contribution in [0.4, 0.5) is 5.13 Å². The van der Waals surface area contributed by atoms with Gasteiger partial charge in [-0.3, -0.25) is 10.1 Å². The molecule has 0 bridgehead atoms. The SMILES string of the molecule is COc1cc2sc(NC(=O)COc3cc(C)cc(C)c3)nc2cc1Cl. The third-order valence-corrected chi connectivity index (χ3v) is 4.70. The minimum Gasteiger partial charge on any atom is -0.495 e. The molecular weight excluding hydrogens is 360 g/mol. The summed E-state index contributed by atoms with van der Waals surface area (Å²) in [6.07, 6.45) is 0. The van der Waals surface area contributed by atoms with Crippen molar-refractivity contribution in [3.05, 3.63) is 46.5 Å². The second-order valence-electron chi connectivity index (χ2n) is 5.63. The standard InChI is InChI=1S/C18H17ClN2O3S/c1-10-4-11(2)6-12(5-10)24-9-17(22)21-18-20-14-7-13(19)15(23-3)8-16(14)25-18/h4-8H,9H2,1-3H3,(H,20,21,22). The molecule has 0 radical (unpaired) electrons. The lowest BCUT2D eigenvalue weighted by Crippen LogP contribution is -2.20. The molecule has 3 aromatic rings. The number of benzene rings is 2. The van der Waals surface area contributed by atoms with E-state index < -0.39 is 0 Å². The molecule has 7 heteroatoms. The van der Waals surface area contributed by atoms with Crippen LogP contribution in [0.1, 0.15) is 11.1 Å². The van der Waals surface area contributed by atoms with Gasteiger partial charge in [0.1, 0.15) is 11.5 Å². The van der Waals surface area contributed by atoms with Crippen LogP contribution >= 0.6 is 22.9 Å². The Balaban J connectivity index is 1.67. The maximum atomic E-state index is 12.1. The van der Waals surface area contributed by atoms with Crippen LogP contribution in [0, 0.1) is 13.8 Å². The number of carbonyl (C=O) groups is 1. The number of rotatable bonds is 5. The Bertz CT molecular complexity index is 919. The second-order valence-corrected chi connectivity index (χ2v) is 7.07. The number of aryl methyl sites for hydroxylation is 2. The van der Waals surface area contributed by atoms with E-state index in [1.54, 1.807) is 19.2 Å². The van der Waals surface area contributed by atoms with E-state index in [0.29, 0.717) is 27.2 Å². The van der Waals surface area contributed by atoms with E-state index in [9.17, 15) is 4.79 Å². The average molecular weight is 377 g/mol. The molecule has 5 nitrogen and oxygen atoms in total. The van der Waals surface area contributed by atoms with Crippen LogP contribution in [0.25, 0.3) is 10.2 Å². The third-order valence-electron chi connectivity index (χ3n) is 3.47. The van der Waals surface area contributed by atoms with Gasteiger partial charge in [0.15, 0.2) is 11.7 Å². The number of fused-ring (bicyclic) bond motifs is 1. The highest BCUT2D eigenvalue weighted by molar-refractivity contribution is 7.22. The molecule has 2 aromatic carbocycles. The minimum atomic E-state index is -0.267. The van der Waals surface area contributed by atoms with Crippen molar-refractivity contribution < 1.29 is 14.3 Å². The molecule has 0 fully saturated rings. The molecule has 1 heterocycles. The summed E-state index contributed by atoms with van der Waals surface area (Å²) in [6.45, 7) is 3.89. The predicted molar refractivity (Wildman–Crippen MR) is 101 cm³/mol. The van der Waals surface area contributed by atoms with Gasteiger partial charge < -0.3 is 9.47 Å². The number of hydrogen-bond acceptors (Lipinski definition) is 5. The van der Waals surface area contributed by atoms with Gasteiger partial charge in [-0.1, -0.05) is 29.0 Å². The van der Waals surface area contributed by atoms with Crippen LogP contribution in [0.2, 0.25) is 5.02 Å². The smallest absolute Gasteiger partial charge is 0.264 e. The largest absolute Gasteiger partial charge is 0.495 e. The molecule has 1 N–H and O–H groups in total. The van der Waals surface area contributed by atoms with Gasteiger partial charge in [0.2, 0.25) is 0 Å². The Morgan fingerprint density at radius 2 is 1.92 bits per heavy atom. The van der Waals surface area contributed by atoms with Crippen molar-refractivity contribution in [2.24, 2.45) is 0 Å². The number of thiazole rings is 1. The fourth-order valence-corrected chi connectivity index (χ4v) is 3.59. The number of nitrogens with one attached hydrogen (secondary N) is 1. The highest BCUT2D eigenvalue weighted by Crippen LogP contribution is 2.34. The first kappa shape index (κ1) is 17.5. The predicted octanol–water partition coefficient (Wildman–Crippen LogP) is 4.59. The van der Waals surface area contributed by atoms with Gasteiger partial charge in [-0.05, 0) is 43.2 Å². The monoisotopic (exact) mass is 376 g/mol.